The third-order valence-electron chi connectivity index (χ3n) is 6.05. The van der Waals surface area contributed by atoms with Crippen molar-refractivity contribution in [1.29, 1.82) is 0 Å². The Bertz CT molecular complexity index is 916. The summed E-state index contributed by atoms with van der Waals surface area (Å²) in [4.78, 5) is 26.9. The number of likely N-dealkylation sites (tertiary alicyclic amines) is 1. The normalized spacial score (nSPS) is 25.3. The fraction of sp³-hybridized carbons (Fsp3) is 0.619. The van der Waals surface area contributed by atoms with Crippen LogP contribution < -0.4 is 0 Å². The number of aliphatic hydroxyl groups is 1. The van der Waals surface area contributed by atoms with Gasteiger partial charge in [-0.05, 0) is 63.3 Å². The van der Waals surface area contributed by atoms with Gasteiger partial charge in [0.2, 0.25) is 10.0 Å². The van der Waals surface area contributed by atoms with Crippen LogP contribution in [-0.4, -0.2) is 72.5 Å². The molecule has 1 N–H and O–H groups in total. The second kappa shape index (κ2) is 9.03. The molecule has 0 spiro atoms. The Morgan fingerprint density at radius 3 is 2.60 bits per heavy atom. The summed E-state index contributed by atoms with van der Waals surface area (Å²) in [7, 11) is -4.00. The molecule has 0 aliphatic carbocycles. The van der Waals surface area contributed by atoms with Crippen LogP contribution in [0.15, 0.2) is 23.1 Å². The summed E-state index contributed by atoms with van der Waals surface area (Å²) in [6.45, 7) is 5.67. The van der Waals surface area contributed by atoms with Crippen molar-refractivity contribution >= 4 is 21.9 Å². The molecule has 8 nitrogen and oxygen atoms in total. The van der Waals surface area contributed by atoms with Crippen LogP contribution in [0.25, 0.3) is 0 Å². The molecule has 1 amide bonds. The van der Waals surface area contributed by atoms with E-state index in [1.807, 2.05) is 20.8 Å². The number of esters is 1. The molecule has 30 heavy (non-hydrogen) atoms. The van der Waals surface area contributed by atoms with Gasteiger partial charge < -0.3 is 14.7 Å². The van der Waals surface area contributed by atoms with Crippen LogP contribution in [0.4, 0.5) is 0 Å². The van der Waals surface area contributed by atoms with E-state index in [1.165, 1.54) is 6.07 Å². The van der Waals surface area contributed by atoms with Crippen LogP contribution in [0.1, 0.15) is 43.7 Å². The quantitative estimate of drug-likeness (QED) is 0.697. The van der Waals surface area contributed by atoms with Crippen LogP contribution in [0.3, 0.4) is 0 Å². The smallest absolute Gasteiger partial charge is 0.325 e. The first-order chi connectivity index (χ1) is 14.1. The number of hydrogen-bond donors (Lipinski definition) is 1. The first kappa shape index (κ1) is 22.7. The van der Waals surface area contributed by atoms with Gasteiger partial charge >= 0.3 is 5.97 Å². The molecule has 9 heteroatoms. The minimum Gasteiger partial charge on any atom is -0.454 e. The standard InChI is InChI=1S/C21H30N2O6S/c1-14-7-8-18(10-15(14)2)30(27,28)23-12-17(24)11-19(23)21(26)29-13-20(25)22-9-5-4-6-16(22)3/h7-8,10,16-17,19,24H,4-6,9,11-13H2,1-3H3. The Balaban J connectivity index is 1.71. The predicted molar refractivity (Wildman–Crippen MR) is 110 cm³/mol. The van der Waals surface area contributed by atoms with Gasteiger partial charge in [0.15, 0.2) is 6.61 Å². The highest BCUT2D eigenvalue weighted by Gasteiger charge is 2.44. The van der Waals surface area contributed by atoms with Gasteiger partial charge in [-0.3, -0.25) is 9.59 Å². The van der Waals surface area contributed by atoms with Crippen LogP contribution in [0.2, 0.25) is 0 Å². The van der Waals surface area contributed by atoms with E-state index in [0.29, 0.717) is 6.54 Å². The average Bonchev–Trinajstić information content (AvgIpc) is 3.11. The van der Waals surface area contributed by atoms with E-state index in [2.05, 4.69) is 0 Å². The van der Waals surface area contributed by atoms with Crippen molar-refractivity contribution < 1.29 is 27.9 Å². The largest absolute Gasteiger partial charge is 0.454 e. The molecule has 3 atom stereocenters. The number of ether oxygens (including phenoxy) is 1. The van der Waals surface area contributed by atoms with Gasteiger partial charge in [-0.2, -0.15) is 4.31 Å². The first-order valence-corrected chi connectivity index (χ1v) is 11.8. The topological polar surface area (TPSA) is 104 Å². The van der Waals surface area contributed by atoms with Crippen molar-refractivity contribution in [3.05, 3.63) is 29.3 Å². The molecule has 2 aliphatic rings. The zero-order chi connectivity index (χ0) is 22.1. The number of carbonyl (C=O) groups excluding carboxylic acids is 2. The number of hydrogen-bond acceptors (Lipinski definition) is 6. The number of nitrogens with zero attached hydrogens (tertiary/aromatic N) is 2. The monoisotopic (exact) mass is 438 g/mol. The van der Waals surface area contributed by atoms with Crippen LogP contribution in [0.5, 0.6) is 0 Å². The molecule has 2 saturated heterocycles. The SMILES string of the molecule is Cc1ccc(S(=O)(=O)N2CC(O)CC2C(=O)OCC(=O)N2CCCCC2C)cc1C. The summed E-state index contributed by atoms with van der Waals surface area (Å²) in [5.41, 5.74) is 1.77. The molecule has 1 aromatic carbocycles. The third-order valence-corrected chi connectivity index (χ3v) is 7.92. The number of β-amino-alcohol motifs (C(OH)–C–C–N with tert-alkyl or cyclic N) is 1. The molecule has 0 aromatic heterocycles. The van der Waals surface area contributed by atoms with Crippen LogP contribution >= 0.6 is 0 Å². The summed E-state index contributed by atoms with van der Waals surface area (Å²) in [5, 5.41) is 10.1. The molecule has 2 fully saturated rings. The molecule has 3 rings (SSSR count). The molecule has 0 saturated carbocycles. The van der Waals surface area contributed by atoms with Gasteiger partial charge in [-0.15, -0.1) is 0 Å². The average molecular weight is 439 g/mol. The second-order valence-electron chi connectivity index (χ2n) is 8.27. The van der Waals surface area contributed by atoms with Gasteiger partial charge in [-0.1, -0.05) is 6.07 Å². The predicted octanol–water partition coefficient (Wildman–Crippen LogP) is 1.37. The van der Waals surface area contributed by atoms with Gasteiger partial charge in [0.05, 0.1) is 11.0 Å². The van der Waals surface area contributed by atoms with Crippen molar-refractivity contribution in [2.75, 3.05) is 19.7 Å². The van der Waals surface area contributed by atoms with Crippen molar-refractivity contribution in [1.82, 2.24) is 9.21 Å². The molecule has 0 bridgehead atoms. The van der Waals surface area contributed by atoms with Gasteiger partial charge in [0.25, 0.3) is 5.91 Å². The van der Waals surface area contributed by atoms with E-state index < -0.39 is 34.7 Å². The Kier molecular flexibility index (Phi) is 6.84. The van der Waals surface area contributed by atoms with E-state index in [-0.39, 0.29) is 29.8 Å². The van der Waals surface area contributed by atoms with Gasteiger partial charge in [0, 0.05) is 25.6 Å². The highest BCUT2D eigenvalue weighted by Crippen LogP contribution is 2.28. The zero-order valence-corrected chi connectivity index (χ0v) is 18.5. The number of aliphatic hydroxyl groups excluding tert-OH is 1. The lowest BCUT2D eigenvalue weighted by atomic mass is 10.0. The summed E-state index contributed by atoms with van der Waals surface area (Å²) in [6.07, 6.45) is 1.87. The third kappa shape index (κ3) is 4.68. The highest BCUT2D eigenvalue weighted by molar-refractivity contribution is 7.89. The molecule has 1 aromatic rings. The van der Waals surface area contributed by atoms with Crippen LogP contribution in [-0.2, 0) is 24.3 Å². The fourth-order valence-corrected chi connectivity index (χ4v) is 5.77. The number of piperidine rings is 1. The number of rotatable bonds is 5. The van der Waals surface area contributed by atoms with Crippen molar-refractivity contribution in [3.63, 3.8) is 0 Å². The summed E-state index contributed by atoms with van der Waals surface area (Å²) in [6, 6.07) is 3.70. The summed E-state index contributed by atoms with van der Waals surface area (Å²) >= 11 is 0. The molecular weight excluding hydrogens is 408 g/mol. The number of carbonyl (C=O) groups is 2. The zero-order valence-electron chi connectivity index (χ0n) is 17.7. The van der Waals surface area contributed by atoms with Crippen molar-refractivity contribution in [3.8, 4) is 0 Å². The molecule has 2 aliphatic heterocycles. The number of aryl methyl sites for hydroxylation is 2. The summed E-state index contributed by atoms with van der Waals surface area (Å²) < 4.78 is 32.4. The Morgan fingerprint density at radius 1 is 1.20 bits per heavy atom. The number of amides is 1. The first-order valence-electron chi connectivity index (χ1n) is 10.3. The molecule has 2 heterocycles. The van der Waals surface area contributed by atoms with Crippen molar-refractivity contribution in [2.45, 2.75) is 69.5 Å². The highest BCUT2D eigenvalue weighted by atomic mass is 32.2. The number of sulfonamides is 1. The molecule has 3 unspecified atom stereocenters. The van der Waals surface area contributed by atoms with E-state index in [1.54, 1.807) is 17.0 Å². The molecule has 166 valence electrons. The lowest BCUT2D eigenvalue weighted by Crippen LogP contribution is -2.46. The minimum absolute atomic E-state index is 0.0583. The van der Waals surface area contributed by atoms with E-state index in [9.17, 15) is 23.1 Å². The lowest BCUT2D eigenvalue weighted by molar-refractivity contribution is -0.156. The van der Waals surface area contributed by atoms with Crippen molar-refractivity contribution in [2.24, 2.45) is 0 Å². The minimum atomic E-state index is -4.00. The number of benzene rings is 1. The fourth-order valence-electron chi connectivity index (χ4n) is 4.05. The maximum absolute atomic E-state index is 13.1. The Hall–Kier alpha value is -1.97. The molecule has 0 radical (unpaired) electrons. The lowest BCUT2D eigenvalue weighted by Gasteiger charge is -2.33. The second-order valence-corrected chi connectivity index (χ2v) is 10.2. The Morgan fingerprint density at radius 2 is 1.93 bits per heavy atom. The van der Waals surface area contributed by atoms with Crippen LogP contribution in [0, 0.1) is 13.8 Å². The van der Waals surface area contributed by atoms with E-state index >= 15 is 0 Å². The summed E-state index contributed by atoms with van der Waals surface area (Å²) in [5.74, 6) is -1.09. The van der Waals surface area contributed by atoms with E-state index in [4.69, 9.17) is 4.74 Å². The Labute approximate surface area is 177 Å². The molecular formula is C21H30N2O6S. The maximum Gasteiger partial charge on any atom is 0.325 e. The van der Waals surface area contributed by atoms with Gasteiger partial charge in [-0.25, -0.2) is 8.42 Å². The maximum atomic E-state index is 13.1. The van der Waals surface area contributed by atoms with E-state index in [0.717, 1.165) is 34.7 Å². The van der Waals surface area contributed by atoms with Gasteiger partial charge in [0.1, 0.15) is 6.04 Å².